The lowest BCUT2D eigenvalue weighted by Crippen LogP contribution is -2.16. The number of fused-ring (bicyclic) bond motifs is 1. The number of anilines is 1. The summed E-state index contributed by atoms with van der Waals surface area (Å²) in [5.74, 6) is 1.57. The zero-order chi connectivity index (χ0) is 14.8. The summed E-state index contributed by atoms with van der Waals surface area (Å²) in [6.07, 6.45) is 0.968. The molecule has 1 unspecified atom stereocenters. The number of hydrogen-bond acceptors (Lipinski definition) is 3. The van der Waals surface area contributed by atoms with Gasteiger partial charge < -0.3 is 10.1 Å². The Morgan fingerprint density at radius 2 is 2.19 bits per heavy atom. The fourth-order valence-electron chi connectivity index (χ4n) is 2.50. The van der Waals surface area contributed by atoms with Crippen molar-refractivity contribution in [3.8, 4) is 5.75 Å². The van der Waals surface area contributed by atoms with Crippen molar-refractivity contribution < 1.29 is 9.13 Å². The molecule has 0 saturated carbocycles. The first kappa shape index (κ1) is 14.7. The quantitative estimate of drug-likeness (QED) is 0.800. The summed E-state index contributed by atoms with van der Waals surface area (Å²) in [5.41, 5.74) is 2.00. The van der Waals surface area contributed by atoms with E-state index >= 15 is 0 Å². The van der Waals surface area contributed by atoms with Crippen LogP contribution in [0.15, 0.2) is 45.8 Å². The fraction of sp³-hybridized carbons (Fsp3) is 0.250. The third-order valence-electron chi connectivity index (χ3n) is 3.47. The van der Waals surface area contributed by atoms with Crippen LogP contribution in [-0.4, -0.2) is 12.9 Å². The first-order chi connectivity index (χ1) is 10.2. The molecule has 2 nitrogen and oxygen atoms in total. The molecule has 1 atom stereocenters. The third-order valence-corrected chi connectivity index (χ3v) is 5.09. The van der Waals surface area contributed by atoms with Gasteiger partial charge in [-0.3, -0.25) is 0 Å². The van der Waals surface area contributed by atoms with E-state index in [-0.39, 0.29) is 11.9 Å². The molecule has 0 bridgehead atoms. The van der Waals surface area contributed by atoms with E-state index in [1.165, 1.54) is 6.07 Å². The van der Waals surface area contributed by atoms with Crippen LogP contribution in [0.2, 0.25) is 0 Å². The molecular formula is C16H15BrFNOS. The van der Waals surface area contributed by atoms with E-state index in [0.717, 1.165) is 38.5 Å². The lowest BCUT2D eigenvalue weighted by molar-refractivity contribution is 0.414. The Balaban J connectivity index is 1.90. The molecule has 2 aromatic rings. The predicted molar refractivity (Wildman–Crippen MR) is 88.8 cm³/mol. The molecule has 0 aromatic heterocycles. The van der Waals surface area contributed by atoms with Crippen molar-refractivity contribution in [1.82, 2.24) is 0 Å². The summed E-state index contributed by atoms with van der Waals surface area (Å²) in [7, 11) is 1.65. The maximum Gasteiger partial charge on any atom is 0.137 e. The maximum absolute atomic E-state index is 13.9. The van der Waals surface area contributed by atoms with E-state index in [0.29, 0.717) is 0 Å². The van der Waals surface area contributed by atoms with Gasteiger partial charge >= 0.3 is 0 Å². The Morgan fingerprint density at radius 1 is 1.33 bits per heavy atom. The Kier molecular flexibility index (Phi) is 4.40. The third kappa shape index (κ3) is 3.19. The minimum Gasteiger partial charge on any atom is -0.497 e. The number of methoxy groups -OCH3 is 1. The molecule has 110 valence electrons. The topological polar surface area (TPSA) is 21.3 Å². The Morgan fingerprint density at radius 3 is 3.00 bits per heavy atom. The first-order valence-corrected chi connectivity index (χ1v) is 8.47. The van der Waals surface area contributed by atoms with Crippen LogP contribution in [0, 0.1) is 5.82 Å². The number of ether oxygens (including phenoxy) is 1. The van der Waals surface area contributed by atoms with Crippen LogP contribution in [0.4, 0.5) is 10.1 Å². The van der Waals surface area contributed by atoms with Crippen molar-refractivity contribution in [2.24, 2.45) is 0 Å². The molecule has 1 heterocycles. The Bertz CT molecular complexity index is 665. The highest BCUT2D eigenvalue weighted by atomic mass is 79.9. The Labute approximate surface area is 136 Å². The zero-order valence-corrected chi connectivity index (χ0v) is 13.9. The predicted octanol–water partition coefficient (Wildman–Crippen LogP) is 5.25. The fourth-order valence-corrected chi connectivity index (χ4v) is 4.11. The van der Waals surface area contributed by atoms with Crippen molar-refractivity contribution in [2.45, 2.75) is 17.4 Å². The van der Waals surface area contributed by atoms with Gasteiger partial charge in [0.2, 0.25) is 0 Å². The number of benzene rings is 2. The number of thioether (sulfide) groups is 1. The highest BCUT2D eigenvalue weighted by Gasteiger charge is 2.23. The summed E-state index contributed by atoms with van der Waals surface area (Å²) in [6.45, 7) is 0. The van der Waals surface area contributed by atoms with Gasteiger partial charge in [0, 0.05) is 26.9 Å². The molecular weight excluding hydrogens is 353 g/mol. The molecule has 21 heavy (non-hydrogen) atoms. The molecule has 0 amide bonds. The molecule has 2 aromatic carbocycles. The lowest BCUT2D eigenvalue weighted by atomic mass is 10.0. The van der Waals surface area contributed by atoms with Crippen LogP contribution in [-0.2, 0) is 0 Å². The van der Waals surface area contributed by atoms with Gasteiger partial charge in [-0.05, 0) is 30.2 Å². The normalized spacial score (nSPS) is 17.2. The van der Waals surface area contributed by atoms with Crippen LogP contribution < -0.4 is 10.1 Å². The smallest absolute Gasteiger partial charge is 0.137 e. The SMILES string of the molecule is COc1cc(Br)cc(NC2CCSc3c(F)cccc32)c1. The van der Waals surface area contributed by atoms with E-state index in [2.05, 4.69) is 21.2 Å². The van der Waals surface area contributed by atoms with Gasteiger partial charge in [0.1, 0.15) is 11.6 Å². The van der Waals surface area contributed by atoms with Crippen molar-refractivity contribution >= 4 is 33.4 Å². The molecule has 0 radical (unpaired) electrons. The van der Waals surface area contributed by atoms with Crippen molar-refractivity contribution in [3.63, 3.8) is 0 Å². The summed E-state index contributed by atoms with van der Waals surface area (Å²) < 4.78 is 20.1. The van der Waals surface area contributed by atoms with Gasteiger partial charge in [-0.25, -0.2) is 4.39 Å². The van der Waals surface area contributed by atoms with E-state index < -0.39 is 0 Å². The largest absolute Gasteiger partial charge is 0.497 e. The molecule has 5 heteroatoms. The van der Waals surface area contributed by atoms with Crippen molar-refractivity contribution in [3.05, 3.63) is 52.3 Å². The second-order valence-corrected chi connectivity index (χ2v) is 6.89. The van der Waals surface area contributed by atoms with Gasteiger partial charge in [-0.15, -0.1) is 11.8 Å². The summed E-state index contributed by atoms with van der Waals surface area (Å²) in [6, 6.07) is 11.3. The lowest BCUT2D eigenvalue weighted by Gasteiger charge is -2.27. The van der Waals surface area contributed by atoms with Crippen LogP contribution in [0.5, 0.6) is 5.75 Å². The molecule has 0 aliphatic carbocycles. The number of nitrogens with one attached hydrogen (secondary N) is 1. The van der Waals surface area contributed by atoms with Gasteiger partial charge in [0.15, 0.2) is 0 Å². The summed E-state index contributed by atoms with van der Waals surface area (Å²) >= 11 is 5.07. The number of halogens is 2. The molecule has 0 saturated heterocycles. The number of rotatable bonds is 3. The second-order valence-electron chi connectivity index (χ2n) is 4.87. The Hall–Kier alpha value is -1.20. The van der Waals surface area contributed by atoms with Gasteiger partial charge in [0.25, 0.3) is 0 Å². The summed E-state index contributed by atoms with van der Waals surface area (Å²) in [5, 5.41) is 3.49. The van der Waals surface area contributed by atoms with Gasteiger partial charge in [-0.1, -0.05) is 28.1 Å². The minimum absolute atomic E-state index is 0.121. The molecule has 1 aliphatic heterocycles. The zero-order valence-electron chi connectivity index (χ0n) is 11.5. The van der Waals surface area contributed by atoms with Crippen molar-refractivity contribution in [2.75, 3.05) is 18.2 Å². The van der Waals surface area contributed by atoms with E-state index in [1.54, 1.807) is 24.9 Å². The van der Waals surface area contributed by atoms with Crippen LogP contribution >= 0.6 is 27.7 Å². The molecule has 1 N–H and O–H groups in total. The van der Waals surface area contributed by atoms with E-state index in [9.17, 15) is 4.39 Å². The highest BCUT2D eigenvalue weighted by molar-refractivity contribution is 9.10. The van der Waals surface area contributed by atoms with Gasteiger partial charge in [0.05, 0.1) is 13.2 Å². The average molecular weight is 368 g/mol. The van der Waals surface area contributed by atoms with E-state index in [1.807, 2.05) is 24.3 Å². The maximum atomic E-state index is 13.9. The summed E-state index contributed by atoms with van der Waals surface area (Å²) in [4.78, 5) is 0.767. The van der Waals surface area contributed by atoms with Crippen LogP contribution in [0.25, 0.3) is 0 Å². The average Bonchev–Trinajstić information content (AvgIpc) is 2.48. The monoisotopic (exact) mass is 367 g/mol. The highest BCUT2D eigenvalue weighted by Crippen LogP contribution is 2.40. The van der Waals surface area contributed by atoms with Gasteiger partial charge in [-0.2, -0.15) is 0 Å². The minimum atomic E-state index is -0.129. The van der Waals surface area contributed by atoms with Crippen LogP contribution in [0.1, 0.15) is 18.0 Å². The van der Waals surface area contributed by atoms with Crippen molar-refractivity contribution in [1.29, 1.82) is 0 Å². The van der Waals surface area contributed by atoms with E-state index in [4.69, 9.17) is 4.74 Å². The standard InChI is InChI=1S/C16H15BrFNOS/c1-20-12-8-10(17)7-11(9-12)19-15-5-6-21-16-13(15)3-2-4-14(16)18/h2-4,7-9,15,19H,5-6H2,1H3. The molecule has 0 fully saturated rings. The first-order valence-electron chi connectivity index (χ1n) is 6.69. The van der Waals surface area contributed by atoms with Crippen LogP contribution in [0.3, 0.4) is 0 Å². The molecule has 0 spiro atoms. The molecule has 3 rings (SSSR count). The number of hydrogen-bond donors (Lipinski definition) is 1. The molecule has 1 aliphatic rings. The second kappa shape index (κ2) is 6.28.